The highest BCUT2D eigenvalue weighted by Gasteiger charge is 2.42. The van der Waals surface area contributed by atoms with Gasteiger partial charge in [0.1, 0.15) is 5.58 Å². The van der Waals surface area contributed by atoms with E-state index in [2.05, 4.69) is 0 Å². The van der Waals surface area contributed by atoms with Crippen molar-refractivity contribution in [3.63, 3.8) is 0 Å². The Labute approximate surface area is 199 Å². The fraction of sp³-hybridized carbons (Fsp3) is 0.407. The lowest BCUT2D eigenvalue weighted by Crippen LogP contribution is -2.31. The Morgan fingerprint density at radius 1 is 0.941 bits per heavy atom. The Morgan fingerprint density at radius 3 is 2.53 bits per heavy atom. The van der Waals surface area contributed by atoms with Crippen molar-refractivity contribution in [3.8, 4) is 11.5 Å². The van der Waals surface area contributed by atoms with E-state index in [1.165, 1.54) is 0 Å². The summed E-state index contributed by atoms with van der Waals surface area (Å²) in [5.41, 5.74) is 1.36. The Morgan fingerprint density at radius 2 is 1.76 bits per heavy atom. The number of rotatable bonds is 11. The summed E-state index contributed by atoms with van der Waals surface area (Å²) >= 11 is 0. The molecule has 0 fully saturated rings. The van der Waals surface area contributed by atoms with Crippen LogP contribution in [-0.2, 0) is 4.74 Å². The molecule has 34 heavy (non-hydrogen) atoms. The molecule has 0 saturated heterocycles. The van der Waals surface area contributed by atoms with Gasteiger partial charge in [0.2, 0.25) is 5.76 Å². The highest BCUT2D eigenvalue weighted by molar-refractivity contribution is 5.99. The van der Waals surface area contributed by atoms with E-state index >= 15 is 0 Å². The largest absolute Gasteiger partial charge is 0.490 e. The third kappa shape index (κ3) is 4.53. The van der Waals surface area contributed by atoms with Gasteiger partial charge < -0.3 is 23.5 Å². The van der Waals surface area contributed by atoms with Gasteiger partial charge in [-0.15, -0.1) is 0 Å². The van der Waals surface area contributed by atoms with Crippen molar-refractivity contribution in [2.75, 3.05) is 33.0 Å². The summed E-state index contributed by atoms with van der Waals surface area (Å²) < 4.78 is 23.2. The number of hydrogen-bond acceptors (Lipinski definition) is 6. The summed E-state index contributed by atoms with van der Waals surface area (Å²) in [7, 11) is 0. The third-order valence-electron chi connectivity index (χ3n) is 5.81. The highest BCUT2D eigenvalue weighted by atomic mass is 16.5. The summed E-state index contributed by atoms with van der Waals surface area (Å²) in [6, 6.07) is 12.1. The summed E-state index contributed by atoms with van der Waals surface area (Å²) in [6.07, 6.45) is 1.52. The second-order valence-electron chi connectivity index (χ2n) is 8.11. The monoisotopic (exact) mass is 465 g/mol. The van der Waals surface area contributed by atoms with Crippen LogP contribution in [0.3, 0.4) is 0 Å². The lowest BCUT2D eigenvalue weighted by molar-refractivity contribution is 0.0695. The van der Waals surface area contributed by atoms with Crippen LogP contribution < -0.4 is 14.9 Å². The van der Waals surface area contributed by atoms with Crippen LogP contribution in [-0.4, -0.2) is 43.8 Å². The number of benzene rings is 2. The molecule has 2 aromatic carbocycles. The smallest absolute Gasteiger partial charge is 0.290 e. The molecule has 0 spiro atoms. The first-order valence-electron chi connectivity index (χ1n) is 11.9. The Kier molecular flexibility index (Phi) is 7.53. The molecule has 7 heteroatoms. The minimum Gasteiger partial charge on any atom is -0.490 e. The standard InChI is InChI=1S/C27H31NO6/c1-4-15-33-21-13-12-18(17-22(21)32-6-3)24-23-25(29)19-10-7-8-11-20(19)34-26(23)27(30)28(24)14-9-16-31-5-2/h7-8,10-13,17,24H,4-6,9,14-16H2,1-3H3/t24-/m0/s1. The number of para-hydroxylation sites is 1. The van der Waals surface area contributed by atoms with Crippen LogP contribution in [0.25, 0.3) is 11.0 Å². The Balaban J connectivity index is 1.82. The maximum atomic E-state index is 13.6. The number of amides is 1. The normalized spacial score (nSPS) is 15.1. The predicted molar refractivity (Wildman–Crippen MR) is 130 cm³/mol. The molecular weight excluding hydrogens is 434 g/mol. The number of nitrogens with zero attached hydrogens (tertiary/aromatic N) is 1. The maximum absolute atomic E-state index is 13.6. The zero-order valence-corrected chi connectivity index (χ0v) is 20.0. The molecule has 3 aromatic rings. The molecular formula is C27H31NO6. The first kappa shape index (κ1) is 23.8. The van der Waals surface area contributed by atoms with Crippen molar-refractivity contribution in [1.82, 2.24) is 4.90 Å². The van der Waals surface area contributed by atoms with Gasteiger partial charge in [-0.25, -0.2) is 0 Å². The molecule has 1 amide bonds. The lowest BCUT2D eigenvalue weighted by Gasteiger charge is -2.26. The second-order valence-corrected chi connectivity index (χ2v) is 8.11. The van der Waals surface area contributed by atoms with E-state index in [0.29, 0.717) is 67.4 Å². The summed E-state index contributed by atoms with van der Waals surface area (Å²) in [6.45, 7) is 8.50. The van der Waals surface area contributed by atoms with Gasteiger partial charge in [-0.05, 0) is 56.5 Å². The quantitative estimate of drug-likeness (QED) is 0.373. The Hall–Kier alpha value is -3.32. The fourth-order valence-electron chi connectivity index (χ4n) is 4.32. The maximum Gasteiger partial charge on any atom is 0.290 e. The van der Waals surface area contributed by atoms with E-state index in [4.69, 9.17) is 18.6 Å². The van der Waals surface area contributed by atoms with Gasteiger partial charge >= 0.3 is 0 Å². The van der Waals surface area contributed by atoms with E-state index in [-0.39, 0.29) is 17.1 Å². The van der Waals surface area contributed by atoms with E-state index in [0.717, 1.165) is 12.0 Å². The fourth-order valence-corrected chi connectivity index (χ4v) is 4.32. The molecule has 2 heterocycles. The van der Waals surface area contributed by atoms with Crippen LogP contribution in [0.15, 0.2) is 51.7 Å². The van der Waals surface area contributed by atoms with Crippen LogP contribution in [0.2, 0.25) is 0 Å². The topological polar surface area (TPSA) is 78.2 Å². The zero-order chi connectivity index (χ0) is 24.1. The van der Waals surface area contributed by atoms with Crippen LogP contribution in [0, 0.1) is 0 Å². The molecule has 1 aromatic heterocycles. The molecule has 0 unspecified atom stereocenters. The third-order valence-corrected chi connectivity index (χ3v) is 5.81. The van der Waals surface area contributed by atoms with Gasteiger partial charge in [-0.3, -0.25) is 9.59 Å². The summed E-state index contributed by atoms with van der Waals surface area (Å²) in [5.74, 6) is 1.05. The minimum atomic E-state index is -0.579. The number of hydrogen-bond donors (Lipinski definition) is 0. The van der Waals surface area contributed by atoms with E-state index in [9.17, 15) is 9.59 Å². The van der Waals surface area contributed by atoms with Gasteiger partial charge in [-0.2, -0.15) is 0 Å². The molecule has 180 valence electrons. The number of carbonyl (C=O) groups excluding carboxylic acids is 1. The Bertz CT molecular complexity index is 1220. The zero-order valence-electron chi connectivity index (χ0n) is 20.0. The van der Waals surface area contributed by atoms with Crippen LogP contribution in [0.4, 0.5) is 0 Å². The molecule has 0 radical (unpaired) electrons. The molecule has 0 saturated carbocycles. The van der Waals surface area contributed by atoms with Crippen LogP contribution in [0.1, 0.15) is 61.3 Å². The van der Waals surface area contributed by atoms with Gasteiger partial charge in [-0.1, -0.05) is 25.1 Å². The number of carbonyl (C=O) groups is 1. The van der Waals surface area contributed by atoms with Gasteiger partial charge in [0.15, 0.2) is 16.9 Å². The van der Waals surface area contributed by atoms with Crippen molar-refractivity contribution >= 4 is 16.9 Å². The molecule has 0 aliphatic carbocycles. The predicted octanol–water partition coefficient (Wildman–Crippen LogP) is 4.95. The molecule has 4 rings (SSSR count). The van der Waals surface area contributed by atoms with Crippen molar-refractivity contribution in [3.05, 3.63) is 69.6 Å². The SMILES string of the molecule is CCCOc1ccc([C@H]2c3c(oc4ccccc4c3=O)C(=O)N2CCCOCC)cc1OCC. The summed E-state index contributed by atoms with van der Waals surface area (Å²) in [4.78, 5) is 28.7. The van der Waals surface area contributed by atoms with Crippen molar-refractivity contribution in [1.29, 1.82) is 0 Å². The number of ether oxygens (including phenoxy) is 3. The van der Waals surface area contributed by atoms with Crippen molar-refractivity contribution < 1.29 is 23.4 Å². The highest BCUT2D eigenvalue weighted by Crippen LogP contribution is 2.41. The van der Waals surface area contributed by atoms with Crippen LogP contribution in [0.5, 0.6) is 11.5 Å². The molecule has 7 nitrogen and oxygen atoms in total. The van der Waals surface area contributed by atoms with Gasteiger partial charge in [0, 0.05) is 19.8 Å². The van der Waals surface area contributed by atoms with E-state index in [1.54, 1.807) is 29.2 Å². The first-order valence-corrected chi connectivity index (χ1v) is 11.9. The van der Waals surface area contributed by atoms with E-state index < -0.39 is 6.04 Å². The molecule has 1 aliphatic rings. The second kappa shape index (κ2) is 10.7. The van der Waals surface area contributed by atoms with Gasteiger partial charge in [0.05, 0.1) is 30.2 Å². The van der Waals surface area contributed by atoms with Crippen molar-refractivity contribution in [2.45, 2.75) is 39.7 Å². The molecule has 1 aliphatic heterocycles. The molecule has 1 atom stereocenters. The number of fused-ring (bicyclic) bond motifs is 2. The average molecular weight is 466 g/mol. The van der Waals surface area contributed by atoms with E-state index in [1.807, 2.05) is 39.0 Å². The summed E-state index contributed by atoms with van der Waals surface area (Å²) in [5, 5.41) is 0.461. The van der Waals surface area contributed by atoms with Crippen LogP contribution >= 0.6 is 0 Å². The molecule has 0 bridgehead atoms. The minimum absolute atomic E-state index is 0.106. The first-order chi connectivity index (χ1) is 16.6. The van der Waals surface area contributed by atoms with Gasteiger partial charge in [0.25, 0.3) is 5.91 Å². The van der Waals surface area contributed by atoms with Crippen molar-refractivity contribution in [2.24, 2.45) is 0 Å². The molecule has 0 N–H and O–H groups in total. The average Bonchev–Trinajstić information content (AvgIpc) is 3.13. The lowest BCUT2D eigenvalue weighted by atomic mass is 9.98.